The van der Waals surface area contributed by atoms with Gasteiger partial charge in [-0.05, 0) is 71.0 Å². The Morgan fingerprint density at radius 1 is 0.746 bits per heavy atom. The highest BCUT2D eigenvalue weighted by molar-refractivity contribution is 7.26. The maximum Gasteiger partial charge on any atom is 0.296 e. The Kier molecular flexibility index (Phi) is 8.47. The van der Waals surface area contributed by atoms with E-state index in [1.807, 2.05) is 23.5 Å². The molecule has 0 fully saturated rings. The van der Waals surface area contributed by atoms with Crippen molar-refractivity contribution in [3.8, 4) is 33.8 Å². The second-order valence-electron chi connectivity index (χ2n) is 17.5. The largest absolute Gasteiger partial charge is 0.296 e. The molecule has 2 aliphatic heterocycles. The Morgan fingerprint density at radius 3 is 2.32 bits per heavy atom. The van der Waals surface area contributed by atoms with Gasteiger partial charge < -0.3 is 0 Å². The first kappa shape index (κ1) is 36.2. The van der Waals surface area contributed by atoms with E-state index in [0.29, 0.717) is 5.92 Å². The second kappa shape index (κ2) is 13.8. The van der Waals surface area contributed by atoms with Gasteiger partial charge >= 0.3 is 0 Å². The third-order valence-corrected chi connectivity index (χ3v) is 16.3. The van der Waals surface area contributed by atoms with Crippen LogP contribution in [0.4, 0.5) is 4.39 Å². The molecular weight excluding hydrogens is 758 g/mol. The van der Waals surface area contributed by atoms with Gasteiger partial charge in [0.25, 0.3) is 5.82 Å². The van der Waals surface area contributed by atoms with Crippen molar-refractivity contribution in [3.05, 3.63) is 181 Å². The summed E-state index contributed by atoms with van der Waals surface area (Å²) in [6.45, 7) is 13.2. The molecule has 0 aliphatic carbocycles. The second-order valence-corrected chi connectivity index (χ2v) is 23.6. The number of aromatic nitrogens is 3. The molecule has 0 saturated heterocycles. The standard InChI is InChI=1S/C53H46FN3SSi/c1-34-31-49-43(41-15-8-9-16-42(41)46-30-27-39(33-55(46)49)59(2,3)4)28-23-37-24-29-45-44-18-12-17-40(36-21-25-38(54)26-22-36)51(44)58-52(45)50(37)53-56(32-35-13-6-5-7-14-35)47-19-10-11-20-48(47)57(34)53/h5-22,24-27,29-30,33,43,49H,1,23,28,31-32H2,2-4H3/q+2. The molecule has 3 nitrogen and oxygen atoms in total. The minimum atomic E-state index is -1.61. The molecule has 288 valence electrons. The Hall–Kier alpha value is -5.95. The lowest BCUT2D eigenvalue weighted by Gasteiger charge is -2.32. The number of halogens is 1. The van der Waals surface area contributed by atoms with Gasteiger partial charge in [-0.1, -0.05) is 135 Å². The minimum Gasteiger partial charge on any atom is -0.218 e. The van der Waals surface area contributed by atoms with Gasteiger partial charge in [0.2, 0.25) is 5.69 Å². The number of allylic oxidation sites excluding steroid dienone is 1. The molecule has 2 atom stereocenters. The highest BCUT2D eigenvalue weighted by Gasteiger charge is 2.44. The molecule has 2 aliphatic rings. The van der Waals surface area contributed by atoms with Crippen LogP contribution in [0.15, 0.2) is 158 Å². The third kappa shape index (κ3) is 5.87. The van der Waals surface area contributed by atoms with Crippen LogP contribution >= 0.6 is 11.3 Å². The zero-order valence-corrected chi connectivity index (χ0v) is 35.6. The minimum absolute atomic E-state index is 0.202. The molecule has 0 bridgehead atoms. The van der Waals surface area contributed by atoms with E-state index >= 15 is 0 Å². The summed E-state index contributed by atoms with van der Waals surface area (Å²) in [5, 5.41) is 3.96. The van der Waals surface area contributed by atoms with Crippen LogP contribution in [-0.4, -0.2) is 12.6 Å². The summed E-state index contributed by atoms with van der Waals surface area (Å²) >= 11 is 1.88. The van der Waals surface area contributed by atoms with E-state index in [1.165, 1.54) is 75.7 Å². The number of benzene rings is 6. The van der Waals surface area contributed by atoms with E-state index in [1.54, 1.807) is 12.1 Å². The molecule has 5 heterocycles. The predicted octanol–water partition coefficient (Wildman–Crippen LogP) is 12.5. The summed E-state index contributed by atoms with van der Waals surface area (Å²) in [4.78, 5) is 0. The first-order valence-electron chi connectivity index (χ1n) is 20.9. The average Bonchev–Trinajstić information content (AvgIpc) is 3.79. The van der Waals surface area contributed by atoms with Crippen molar-refractivity contribution < 1.29 is 13.5 Å². The normalized spacial score (nSPS) is 16.4. The summed E-state index contributed by atoms with van der Waals surface area (Å²) in [6.07, 6.45) is 5.27. The molecule has 0 saturated carbocycles. The number of hydrogen-bond donors (Lipinski definition) is 0. The summed E-state index contributed by atoms with van der Waals surface area (Å²) < 4.78 is 24.4. The topological polar surface area (TPSA) is 12.7 Å². The Morgan fingerprint density at radius 2 is 1.49 bits per heavy atom. The lowest BCUT2D eigenvalue weighted by molar-refractivity contribution is -0.719. The number of pyridine rings is 1. The third-order valence-electron chi connectivity index (χ3n) is 13.0. The van der Waals surface area contributed by atoms with Gasteiger partial charge in [-0.25, -0.2) is 8.96 Å². The van der Waals surface area contributed by atoms with Gasteiger partial charge in [-0.15, -0.1) is 11.3 Å². The van der Waals surface area contributed by atoms with Crippen molar-refractivity contribution >= 4 is 61.5 Å². The molecule has 0 spiro atoms. The fourth-order valence-electron chi connectivity index (χ4n) is 10.1. The summed E-state index contributed by atoms with van der Waals surface area (Å²) in [5.74, 6) is 1.27. The monoisotopic (exact) mass is 803 g/mol. The van der Waals surface area contributed by atoms with Gasteiger partial charge in [0, 0.05) is 38.2 Å². The van der Waals surface area contributed by atoms with Crippen LogP contribution in [0.5, 0.6) is 0 Å². The van der Waals surface area contributed by atoms with Crippen molar-refractivity contribution in [1.29, 1.82) is 0 Å². The summed E-state index contributed by atoms with van der Waals surface area (Å²) in [5.41, 5.74) is 13.6. The molecule has 59 heavy (non-hydrogen) atoms. The van der Waals surface area contributed by atoms with Crippen LogP contribution in [0.25, 0.3) is 70.7 Å². The lowest BCUT2D eigenvalue weighted by atomic mass is 9.77. The van der Waals surface area contributed by atoms with Crippen LogP contribution < -0.4 is 14.3 Å². The smallest absolute Gasteiger partial charge is 0.218 e. The zero-order valence-electron chi connectivity index (χ0n) is 33.8. The van der Waals surface area contributed by atoms with Crippen molar-refractivity contribution in [2.24, 2.45) is 0 Å². The molecule has 9 aromatic rings. The maximum absolute atomic E-state index is 14.2. The van der Waals surface area contributed by atoms with Crippen LogP contribution in [0.3, 0.4) is 0 Å². The van der Waals surface area contributed by atoms with Crippen molar-refractivity contribution in [1.82, 2.24) is 4.57 Å². The summed E-state index contributed by atoms with van der Waals surface area (Å²) in [6, 6.07) is 52.2. The maximum atomic E-state index is 14.2. The quantitative estimate of drug-likeness (QED) is 0.124. The van der Waals surface area contributed by atoms with E-state index in [4.69, 9.17) is 6.58 Å². The number of nitrogens with zero attached hydrogens (tertiary/aromatic N) is 3. The molecule has 11 rings (SSSR count). The van der Waals surface area contributed by atoms with E-state index in [9.17, 15) is 4.39 Å². The van der Waals surface area contributed by atoms with Crippen LogP contribution in [-0.2, 0) is 13.0 Å². The number of aryl methyl sites for hydroxylation is 1. The highest BCUT2D eigenvalue weighted by Crippen LogP contribution is 2.48. The molecule has 0 amide bonds. The number of rotatable bonds is 4. The van der Waals surface area contributed by atoms with E-state index in [2.05, 4.69) is 161 Å². The van der Waals surface area contributed by atoms with Gasteiger partial charge in [-0.3, -0.25) is 0 Å². The van der Waals surface area contributed by atoms with Gasteiger partial charge in [0.05, 0.1) is 24.8 Å². The average molecular weight is 804 g/mol. The Balaban J connectivity index is 1.21. The fraction of sp³-hybridized carbons (Fsp3) is 0.170. The van der Waals surface area contributed by atoms with Gasteiger partial charge in [0.15, 0.2) is 23.3 Å². The molecule has 6 aromatic carbocycles. The fourth-order valence-corrected chi connectivity index (χ4v) is 12.6. The summed E-state index contributed by atoms with van der Waals surface area (Å²) in [7, 11) is -1.61. The van der Waals surface area contributed by atoms with Crippen LogP contribution in [0, 0.1) is 5.82 Å². The number of para-hydroxylation sites is 2. The first-order valence-corrected chi connectivity index (χ1v) is 25.2. The molecule has 0 radical (unpaired) electrons. The molecule has 3 aromatic heterocycles. The molecular formula is C53H46FN3SSi+2. The predicted molar refractivity (Wildman–Crippen MR) is 246 cm³/mol. The van der Waals surface area contributed by atoms with Gasteiger partial charge in [-0.2, -0.15) is 9.13 Å². The Labute approximate surface area is 350 Å². The zero-order chi connectivity index (χ0) is 40.0. The van der Waals surface area contributed by atoms with E-state index < -0.39 is 8.07 Å². The first-order chi connectivity index (χ1) is 28.7. The highest BCUT2D eigenvalue weighted by atomic mass is 32.1. The lowest BCUT2D eigenvalue weighted by Crippen LogP contribution is -2.53. The van der Waals surface area contributed by atoms with Crippen LogP contribution in [0.2, 0.25) is 19.6 Å². The Bertz CT molecular complexity index is 3140. The van der Waals surface area contributed by atoms with Gasteiger partial charge in [0.1, 0.15) is 18.1 Å². The number of imidazole rings is 1. The van der Waals surface area contributed by atoms with E-state index in [-0.39, 0.29) is 11.9 Å². The number of thiophene rings is 1. The molecule has 0 N–H and O–H groups in total. The SMILES string of the molecule is C=C1CC2C(CCc3ccc4c(sc5c(-c6ccc(F)cc6)cccc54)c3-c3n(Cc4ccccc4)c4ccccc4[n+]31)c1ccccc1-c1ccc([Si](C)(C)C)c[n+]12. The van der Waals surface area contributed by atoms with E-state index in [0.717, 1.165) is 42.6 Å². The van der Waals surface area contributed by atoms with Crippen LogP contribution in [0.1, 0.15) is 41.5 Å². The van der Waals surface area contributed by atoms with Crippen molar-refractivity contribution in [2.75, 3.05) is 0 Å². The number of hydrogen-bond acceptors (Lipinski definition) is 1. The molecule has 6 heteroatoms. The number of fused-ring (bicyclic) bond motifs is 15. The van der Waals surface area contributed by atoms with Crippen molar-refractivity contribution in [3.63, 3.8) is 0 Å². The van der Waals surface area contributed by atoms with Crippen molar-refractivity contribution in [2.45, 2.75) is 57.4 Å². The molecule has 2 unspecified atom stereocenters.